The molecule has 8 nitrogen and oxygen atoms in total. The van der Waals surface area contributed by atoms with Crippen LogP contribution in [0.2, 0.25) is 0 Å². The maximum atomic E-state index is 12.4. The van der Waals surface area contributed by atoms with E-state index in [0.717, 1.165) is 34.7 Å². The Morgan fingerprint density at radius 2 is 2.04 bits per heavy atom. The van der Waals surface area contributed by atoms with Crippen LogP contribution in [0.5, 0.6) is 0 Å². The van der Waals surface area contributed by atoms with Crippen molar-refractivity contribution < 1.29 is 4.79 Å². The van der Waals surface area contributed by atoms with E-state index >= 15 is 0 Å². The van der Waals surface area contributed by atoms with Gasteiger partial charge >= 0.3 is 6.03 Å². The van der Waals surface area contributed by atoms with Gasteiger partial charge in [-0.25, -0.2) is 4.79 Å². The number of hydrogen-bond donors (Lipinski definition) is 3. The highest BCUT2D eigenvalue weighted by Gasteiger charge is 2.12. The third-order valence-electron chi connectivity index (χ3n) is 4.09. The first-order chi connectivity index (χ1) is 12.5. The van der Waals surface area contributed by atoms with Crippen LogP contribution in [-0.2, 0) is 12.8 Å². The lowest BCUT2D eigenvalue weighted by molar-refractivity contribution is 0.249. The number of carbonyl (C=O) groups is 1. The first kappa shape index (κ1) is 17.7. The fraction of sp³-hybridized carbons (Fsp3) is 0.333. The largest absolute Gasteiger partial charge is 0.335 e. The van der Waals surface area contributed by atoms with Crippen LogP contribution in [0.1, 0.15) is 30.8 Å². The molecule has 2 heterocycles. The van der Waals surface area contributed by atoms with Gasteiger partial charge in [0, 0.05) is 23.8 Å². The monoisotopic (exact) mass is 353 g/mol. The van der Waals surface area contributed by atoms with Crippen LogP contribution in [0.4, 0.5) is 10.5 Å². The Balaban J connectivity index is 1.66. The predicted molar refractivity (Wildman–Crippen MR) is 99.4 cm³/mol. The number of nitrogens with one attached hydrogen (secondary N) is 3. The first-order valence-electron chi connectivity index (χ1n) is 8.61. The van der Waals surface area contributed by atoms with Crippen LogP contribution >= 0.6 is 0 Å². The molecule has 0 aliphatic rings. The van der Waals surface area contributed by atoms with Gasteiger partial charge in [0.2, 0.25) is 0 Å². The fourth-order valence-electron chi connectivity index (χ4n) is 2.81. The molecule has 1 unspecified atom stereocenters. The van der Waals surface area contributed by atoms with Gasteiger partial charge < -0.3 is 10.6 Å². The molecule has 26 heavy (non-hydrogen) atoms. The van der Waals surface area contributed by atoms with E-state index in [0.29, 0.717) is 6.42 Å². The van der Waals surface area contributed by atoms with Crippen molar-refractivity contribution in [1.82, 2.24) is 30.3 Å². The third-order valence-corrected chi connectivity index (χ3v) is 4.09. The number of hydrogen-bond acceptors (Lipinski definition) is 4. The van der Waals surface area contributed by atoms with Crippen molar-refractivity contribution >= 4 is 11.7 Å². The van der Waals surface area contributed by atoms with Gasteiger partial charge in [0.25, 0.3) is 0 Å². The zero-order chi connectivity index (χ0) is 18.5. The Kier molecular flexibility index (Phi) is 5.31. The summed E-state index contributed by atoms with van der Waals surface area (Å²) >= 11 is 0. The van der Waals surface area contributed by atoms with E-state index < -0.39 is 0 Å². The topological polar surface area (TPSA) is 101 Å². The average Bonchev–Trinajstić information content (AvgIpc) is 3.26. The van der Waals surface area contributed by atoms with Crippen molar-refractivity contribution in [1.29, 1.82) is 0 Å². The standard InChI is InChI=1S/C18H23N7O/c1-4-14-5-6-16(25-10-19-20-11-25)9-17(14)22-18(26)21-12(2)7-15-8-13(3)23-24-15/h5-6,8-12H,4,7H2,1-3H3,(H,23,24)(H2,21,22,26). The van der Waals surface area contributed by atoms with Gasteiger partial charge in [-0.3, -0.25) is 9.67 Å². The molecule has 136 valence electrons. The van der Waals surface area contributed by atoms with Crippen LogP contribution in [0.25, 0.3) is 5.69 Å². The lowest BCUT2D eigenvalue weighted by atomic mass is 10.1. The number of urea groups is 1. The Labute approximate surface area is 152 Å². The number of amides is 2. The lowest BCUT2D eigenvalue weighted by Gasteiger charge is -2.16. The average molecular weight is 353 g/mol. The van der Waals surface area contributed by atoms with Crippen LogP contribution in [0.3, 0.4) is 0 Å². The second kappa shape index (κ2) is 7.81. The number of aromatic nitrogens is 5. The molecule has 3 aromatic rings. The fourth-order valence-corrected chi connectivity index (χ4v) is 2.81. The highest BCUT2D eigenvalue weighted by molar-refractivity contribution is 5.90. The van der Waals surface area contributed by atoms with E-state index in [-0.39, 0.29) is 12.1 Å². The minimum absolute atomic E-state index is 0.0381. The molecule has 0 saturated heterocycles. The summed E-state index contributed by atoms with van der Waals surface area (Å²) in [5.41, 5.74) is 4.67. The molecule has 3 N–H and O–H groups in total. The smallest absolute Gasteiger partial charge is 0.319 e. The summed E-state index contributed by atoms with van der Waals surface area (Å²) in [6.45, 7) is 5.97. The second-order valence-electron chi connectivity index (χ2n) is 6.31. The van der Waals surface area contributed by atoms with E-state index in [1.165, 1.54) is 0 Å². The molecule has 2 amide bonds. The molecule has 3 rings (SSSR count). The maximum Gasteiger partial charge on any atom is 0.319 e. The van der Waals surface area contributed by atoms with E-state index in [2.05, 4.69) is 38.0 Å². The Morgan fingerprint density at radius 1 is 1.27 bits per heavy atom. The maximum absolute atomic E-state index is 12.4. The van der Waals surface area contributed by atoms with E-state index in [1.54, 1.807) is 17.2 Å². The van der Waals surface area contributed by atoms with Crippen LogP contribution < -0.4 is 10.6 Å². The van der Waals surface area contributed by atoms with Crippen molar-refractivity contribution in [3.63, 3.8) is 0 Å². The van der Waals surface area contributed by atoms with Gasteiger partial charge in [-0.05, 0) is 44.0 Å². The number of rotatable bonds is 6. The minimum Gasteiger partial charge on any atom is -0.335 e. The van der Waals surface area contributed by atoms with Crippen molar-refractivity contribution in [2.24, 2.45) is 0 Å². The molecule has 8 heteroatoms. The van der Waals surface area contributed by atoms with Gasteiger partial charge in [-0.15, -0.1) is 10.2 Å². The number of aromatic amines is 1. The number of carbonyl (C=O) groups excluding carboxylic acids is 1. The quantitative estimate of drug-likeness (QED) is 0.634. The molecule has 0 aliphatic heterocycles. The van der Waals surface area contributed by atoms with Gasteiger partial charge in [-0.1, -0.05) is 13.0 Å². The van der Waals surface area contributed by atoms with Crippen LogP contribution in [0, 0.1) is 6.92 Å². The number of anilines is 1. The molecule has 0 aliphatic carbocycles. The van der Waals surface area contributed by atoms with E-state index in [4.69, 9.17) is 0 Å². The Morgan fingerprint density at radius 3 is 2.69 bits per heavy atom. The number of aryl methyl sites for hydroxylation is 2. The zero-order valence-corrected chi connectivity index (χ0v) is 15.2. The summed E-state index contributed by atoms with van der Waals surface area (Å²) in [7, 11) is 0. The van der Waals surface area contributed by atoms with Crippen molar-refractivity contribution in [3.8, 4) is 5.69 Å². The van der Waals surface area contributed by atoms with Crippen molar-refractivity contribution in [2.75, 3.05) is 5.32 Å². The molecule has 2 aromatic heterocycles. The third kappa shape index (κ3) is 4.27. The molecular formula is C18H23N7O. The molecule has 0 bridgehead atoms. The van der Waals surface area contributed by atoms with Crippen molar-refractivity contribution in [2.45, 2.75) is 39.7 Å². The molecule has 1 aromatic carbocycles. The number of H-pyrrole nitrogens is 1. The molecule has 0 spiro atoms. The molecule has 0 saturated carbocycles. The number of nitrogens with zero attached hydrogens (tertiary/aromatic N) is 4. The number of benzene rings is 1. The SMILES string of the molecule is CCc1ccc(-n2cnnc2)cc1NC(=O)NC(C)Cc1cc(C)[nH]n1. The summed E-state index contributed by atoms with van der Waals surface area (Å²) in [6.07, 6.45) is 4.73. The van der Waals surface area contributed by atoms with E-state index in [9.17, 15) is 4.79 Å². The Bertz CT molecular complexity index is 870. The van der Waals surface area contributed by atoms with Gasteiger partial charge in [0.05, 0.1) is 11.4 Å². The predicted octanol–water partition coefficient (Wildman–Crippen LogP) is 2.61. The summed E-state index contributed by atoms with van der Waals surface area (Å²) < 4.78 is 1.80. The highest BCUT2D eigenvalue weighted by atomic mass is 16.2. The summed E-state index contributed by atoms with van der Waals surface area (Å²) in [4.78, 5) is 12.4. The van der Waals surface area contributed by atoms with Gasteiger partial charge in [0.1, 0.15) is 12.7 Å². The normalized spacial score (nSPS) is 12.0. The lowest BCUT2D eigenvalue weighted by Crippen LogP contribution is -2.37. The van der Waals surface area contributed by atoms with Crippen molar-refractivity contribution in [3.05, 3.63) is 53.9 Å². The minimum atomic E-state index is -0.236. The van der Waals surface area contributed by atoms with Crippen LogP contribution in [0.15, 0.2) is 36.9 Å². The molecule has 1 atom stereocenters. The summed E-state index contributed by atoms with van der Waals surface area (Å²) in [6, 6.07) is 7.61. The van der Waals surface area contributed by atoms with Gasteiger partial charge in [-0.2, -0.15) is 5.10 Å². The highest BCUT2D eigenvalue weighted by Crippen LogP contribution is 2.21. The van der Waals surface area contributed by atoms with Gasteiger partial charge in [0.15, 0.2) is 0 Å². The first-order valence-corrected chi connectivity index (χ1v) is 8.61. The zero-order valence-electron chi connectivity index (χ0n) is 15.2. The van der Waals surface area contributed by atoms with Crippen LogP contribution in [-0.4, -0.2) is 37.0 Å². The molecular weight excluding hydrogens is 330 g/mol. The summed E-state index contributed by atoms with van der Waals surface area (Å²) in [5.74, 6) is 0. The second-order valence-corrected chi connectivity index (χ2v) is 6.31. The van der Waals surface area contributed by atoms with E-state index in [1.807, 2.05) is 38.1 Å². The summed E-state index contributed by atoms with van der Waals surface area (Å²) in [5, 5.41) is 20.7. The Hall–Kier alpha value is -3.16. The molecule has 0 radical (unpaired) electrons. The molecule has 0 fully saturated rings.